The monoisotopic (exact) mass is 346 g/mol. The number of rotatable bonds is 6. The molecule has 1 aromatic rings. The van der Waals surface area contributed by atoms with Gasteiger partial charge in [0.2, 0.25) is 5.91 Å². The van der Waals surface area contributed by atoms with Gasteiger partial charge >= 0.3 is 0 Å². The molecular formula is C18H26N4O3. The first kappa shape index (κ1) is 17.8. The summed E-state index contributed by atoms with van der Waals surface area (Å²) in [6.07, 6.45) is 9.09. The predicted octanol–water partition coefficient (Wildman–Crippen LogP) is 1.40. The topological polar surface area (TPSA) is 84.4 Å². The molecule has 136 valence electrons. The summed E-state index contributed by atoms with van der Waals surface area (Å²) in [5.41, 5.74) is 0.184. The van der Waals surface area contributed by atoms with Crippen molar-refractivity contribution >= 4 is 11.8 Å². The Morgan fingerprint density at radius 2 is 2.24 bits per heavy atom. The average molecular weight is 346 g/mol. The van der Waals surface area contributed by atoms with Crippen molar-refractivity contribution < 1.29 is 14.3 Å². The van der Waals surface area contributed by atoms with Gasteiger partial charge in [0.15, 0.2) is 0 Å². The first-order valence-electron chi connectivity index (χ1n) is 9.08. The minimum Gasteiger partial charge on any atom is -0.371 e. The Balaban J connectivity index is 1.37. The van der Waals surface area contributed by atoms with E-state index in [0.29, 0.717) is 44.3 Å². The van der Waals surface area contributed by atoms with Crippen molar-refractivity contribution in [2.45, 2.75) is 44.6 Å². The van der Waals surface area contributed by atoms with Crippen molar-refractivity contribution in [2.75, 3.05) is 26.2 Å². The van der Waals surface area contributed by atoms with Crippen LogP contribution in [0.3, 0.4) is 0 Å². The van der Waals surface area contributed by atoms with Crippen LogP contribution in [0.25, 0.3) is 0 Å². The molecule has 2 aliphatic heterocycles. The summed E-state index contributed by atoms with van der Waals surface area (Å²) in [5, 5.41) is 2.90. The number of nitrogens with one attached hydrogen (secondary N) is 1. The molecule has 0 aromatic carbocycles. The third kappa shape index (κ3) is 4.34. The molecule has 0 saturated carbocycles. The molecule has 2 fully saturated rings. The lowest BCUT2D eigenvalue weighted by molar-refractivity contribution is -0.188. The molecule has 1 atom stereocenters. The van der Waals surface area contributed by atoms with E-state index >= 15 is 0 Å². The molecule has 7 nitrogen and oxygen atoms in total. The minimum absolute atomic E-state index is 0.146. The fourth-order valence-corrected chi connectivity index (χ4v) is 3.38. The summed E-state index contributed by atoms with van der Waals surface area (Å²) in [6.45, 7) is 4.73. The Morgan fingerprint density at radius 3 is 2.88 bits per heavy atom. The van der Waals surface area contributed by atoms with Gasteiger partial charge < -0.3 is 15.0 Å². The number of amides is 2. The van der Waals surface area contributed by atoms with E-state index in [4.69, 9.17) is 4.74 Å². The number of carbonyl (C=O) groups excluding carboxylic acids is 2. The highest BCUT2D eigenvalue weighted by Crippen LogP contribution is 2.36. The van der Waals surface area contributed by atoms with Crippen LogP contribution in [0.1, 0.15) is 49.5 Å². The zero-order chi connectivity index (χ0) is 17.7. The maximum absolute atomic E-state index is 12.0. The second kappa shape index (κ2) is 7.91. The van der Waals surface area contributed by atoms with Crippen molar-refractivity contribution in [1.82, 2.24) is 20.2 Å². The van der Waals surface area contributed by atoms with Crippen molar-refractivity contribution in [3.05, 3.63) is 24.3 Å². The fraction of sp³-hybridized carbons (Fsp3) is 0.667. The molecule has 3 rings (SSSR count). The summed E-state index contributed by atoms with van der Waals surface area (Å²) < 4.78 is 6.06. The summed E-state index contributed by atoms with van der Waals surface area (Å²) in [7, 11) is 0. The van der Waals surface area contributed by atoms with Gasteiger partial charge in [0, 0.05) is 25.4 Å². The molecule has 0 radical (unpaired) electrons. The highest BCUT2D eigenvalue weighted by molar-refractivity contribution is 5.91. The molecule has 1 N–H and O–H groups in total. The van der Waals surface area contributed by atoms with E-state index < -0.39 is 0 Å². The summed E-state index contributed by atoms with van der Waals surface area (Å²) >= 11 is 0. The van der Waals surface area contributed by atoms with Crippen molar-refractivity contribution in [3.8, 4) is 0 Å². The van der Waals surface area contributed by atoms with Crippen LogP contribution in [-0.2, 0) is 9.53 Å². The van der Waals surface area contributed by atoms with Crippen LogP contribution in [0.4, 0.5) is 0 Å². The van der Waals surface area contributed by atoms with E-state index in [9.17, 15) is 9.59 Å². The van der Waals surface area contributed by atoms with Crippen LogP contribution in [0.2, 0.25) is 0 Å². The lowest BCUT2D eigenvalue weighted by Gasteiger charge is -2.52. The molecular weight excluding hydrogens is 320 g/mol. The smallest absolute Gasteiger partial charge is 0.271 e. The summed E-state index contributed by atoms with van der Waals surface area (Å²) in [4.78, 5) is 33.8. The Kier molecular flexibility index (Phi) is 5.63. The second-order valence-corrected chi connectivity index (χ2v) is 7.05. The number of hydrogen-bond acceptors (Lipinski definition) is 5. The van der Waals surface area contributed by atoms with E-state index in [1.165, 1.54) is 12.4 Å². The van der Waals surface area contributed by atoms with Crippen LogP contribution in [0.15, 0.2) is 18.6 Å². The van der Waals surface area contributed by atoms with Crippen LogP contribution in [0.5, 0.6) is 0 Å². The maximum Gasteiger partial charge on any atom is 0.271 e. The third-order valence-electron chi connectivity index (χ3n) is 5.04. The largest absolute Gasteiger partial charge is 0.371 e. The quantitative estimate of drug-likeness (QED) is 0.842. The lowest BCUT2D eigenvalue weighted by atomic mass is 9.82. The van der Waals surface area contributed by atoms with Gasteiger partial charge in [-0.2, -0.15) is 0 Å². The van der Waals surface area contributed by atoms with Gasteiger partial charge in [0.1, 0.15) is 11.3 Å². The SMILES string of the molecule is CCCCC(=O)N1CC2(CC[C@H](CNC(=O)c3cnccn3)CO2)C1. The van der Waals surface area contributed by atoms with Gasteiger partial charge in [-0.05, 0) is 25.2 Å². The van der Waals surface area contributed by atoms with Gasteiger partial charge in [0.05, 0.1) is 25.9 Å². The minimum atomic E-state index is -0.204. The van der Waals surface area contributed by atoms with Crippen LogP contribution in [-0.4, -0.2) is 58.5 Å². The third-order valence-corrected chi connectivity index (χ3v) is 5.04. The Hall–Kier alpha value is -2.02. The van der Waals surface area contributed by atoms with Crippen LogP contribution >= 0.6 is 0 Å². The number of likely N-dealkylation sites (tertiary alicyclic amines) is 1. The van der Waals surface area contributed by atoms with Crippen molar-refractivity contribution in [3.63, 3.8) is 0 Å². The zero-order valence-corrected chi connectivity index (χ0v) is 14.7. The van der Waals surface area contributed by atoms with Crippen LogP contribution < -0.4 is 5.32 Å². The molecule has 2 aliphatic rings. The first-order valence-corrected chi connectivity index (χ1v) is 9.08. The maximum atomic E-state index is 12.0. The lowest BCUT2D eigenvalue weighted by Crippen LogP contribution is -2.66. The number of ether oxygens (including phenoxy) is 1. The number of carbonyl (C=O) groups is 2. The molecule has 1 aromatic heterocycles. The Bertz CT molecular complexity index is 592. The molecule has 1 spiro atoms. The predicted molar refractivity (Wildman–Crippen MR) is 91.9 cm³/mol. The standard InChI is InChI=1S/C18H26N4O3/c1-2-3-4-16(23)22-12-18(13-22)6-5-14(11-25-18)9-21-17(24)15-10-19-7-8-20-15/h7-8,10,14H,2-6,9,11-13H2,1H3,(H,21,24)/t14-/m1/s1. The van der Waals surface area contributed by atoms with Gasteiger partial charge in [-0.3, -0.25) is 14.6 Å². The number of aromatic nitrogens is 2. The molecule has 0 bridgehead atoms. The number of unbranched alkanes of at least 4 members (excludes halogenated alkanes) is 1. The molecule has 3 heterocycles. The average Bonchev–Trinajstić information content (AvgIpc) is 2.63. The van der Waals surface area contributed by atoms with Gasteiger partial charge in [-0.15, -0.1) is 0 Å². The Morgan fingerprint density at radius 1 is 1.40 bits per heavy atom. The Labute approximate surface area is 148 Å². The van der Waals surface area contributed by atoms with E-state index in [2.05, 4.69) is 22.2 Å². The number of nitrogens with zero attached hydrogens (tertiary/aromatic N) is 3. The normalized spacial score (nSPS) is 21.6. The molecule has 2 saturated heterocycles. The summed E-state index contributed by atoms with van der Waals surface area (Å²) in [5.74, 6) is 0.343. The summed E-state index contributed by atoms with van der Waals surface area (Å²) in [6, 6.07) is 0. The van der Waals surface area contributed by atoms with Gasteiger partial charge in [-0.1, -0.05) is 13.3 Å². The highest BCUT2D eigenvalue weighted by Gasteiger charge is 2.48. The second-order valence-electron chi connectivity index (χ2n) is 7.05. The first-order chi connectivity index (χ1) is 12.1. The molecule has 7 heteroatoms. The molecule has 0 unspecified atom stereocenters. The molecule has 2 amide bonds. The van der Waals surface area contributed by atoms with E-state index in [0.717, 1.165) is 25.7 Å². The van der Waals surface area contributed by atoms with Crippen molar-refractivity contribution in [2.24, 2.45) is 5.92 Å². The van der Waals surface area contributed by atoms with E-state index in [-0.39, 0.29) is 17.4 Å². The zero-order valence-electron chi connectivity index (χ0n) is 14.7. The van der Waals surface area contributed by atoms with E-state index in [1.807, 2.05) is 4.90 Å². The molecule has 0 aliphatic carbocycles. The number of hydrogen-bond donors (Lipinski definition) is 1. The van der Waals surface area contributed by atoms with Crippen molar-refractivity contribution in [1.29, 1.82) is 0 Å². The van der Waals surface area contributed by atoms with Gasteiger partial charge in [-0.25, -0.2) is 4.98 Å². The van der Waals surface area contributed by atoms with Crippen LogP contribution in [0, 0.1) is 5.92 Å². The fourth-order valence-electron chi connectivity index (χ4n) is 3.38. The van der Waals surface area contributed by atoms with Gasteiger partial charge in [0.25, 0.3) is 5.91 Å². The molecule has 25 heavy (non-hydrogen) atoms. The van der Waals surface area contributed by atoms with E-state index in [1.54, 1.807) is 6.20 Å². The highest BCUT2D eigenvalue weighted by atomic mass is 16.5.